The molecule has 0 saturated heterocycles. The summed E-state index contributed by atoms with van der Waals surface area (Å²) in [6.45, 7) is 3.84. The second-order valence-electron chi connectivity index (χ2n) is 5.45. The van der Waals surface area contributed by atoms with Gasteiger partial charge in [0.2, 0.25) is 11.8 Å². The molecule has 7 heteroatoms. The van der Waals surface area contributed by atoms with E-state index in [0.29, 0.717) is 29.3 Å². The van der Waals surface area contributed by atoms with Crippen LogP contribution in [0.4, 0.5) is 5.82 Å². The lowest BCUT2D eigenvalue weighted by Crippen LogP contribution is -2.37. The summed E-state index contributed by atoms with van der Waals surface area (Å²) < 4.78 is 4.86. The van der Waals surface area contributed by atoms with Crippen molar-refractivity contribution in [3.05, 3.63) is 11.8 Å². The zero-order chi connectivity index (χ0) is 15.4. The highest BCUT2D eigenvalue weighted by Gasteiger charge is 2.32. The summed E-state index contributed by atoms with van der Waals surface area (Å²) in [4.78, 5) is 25.5. The van der Waals surface area contributed by atoms with Crippen LogP contribution in [0.25, 0.3) is 0 Å². The summed E-state index contributed by atoms with van der Waals surface area (Å²) in [7, 11) is 1.84. The highest BCUT2D eigenvalue weighted by Crippen LogP contribution is 2.34. The van der Waals surface area contributed by atoms with E-state index >= 15 is 0 Å². The van der Waals surface area contributed by atoms with Gasteiger partial charge in [-0.1, -0.05) is 5.16 Å². The van der Waals surface area contributed by atoms with Crippen LogP contribution in [-0.2, 0) is 9.59 Å². The van der Waals surface area contributed by atoms with Crippen molar-refractivity contribution >= 4 is 29.4 Å². The van der Waals surface area contributed by atoms with Crippen molar-refractivity contribution in [2.75, 3.05) is 23.9 Å². The van der Waals surface area contributed by atoms with Crippen molar-refractivity contribution in [2.45, 2.75) is 32.7 Å². The Hall–Kier alpha value is -1.50. The maximum absolute atomic E-state index is 12.0. The standard InChI is InChI=1S/C14H21N3O3S/c1-9-6-12(16-20-9)15-13(18)7-21-8-14(19)17(3)10(2)11-4-5-11/h6,10-11H,4-5,7-8H2,1-3H3,(H,15,16,18). The smallest absolute Gasteiger partial charge is 0.235 e. The third-order valence-electron chi connectivity index (χ3n) is 3.66. The van der Waals surface area contributed by atoms with Gasteiger partial charge in [-0.25, -0.2) is 0 Å². The van der Waals surface area contributed by atoms with Gasteiger partial charge in [0.1, 0.15) is 5.76 Å². The zero-order valence-electron chi connectivity index (χ0n) is 12.6. The molecule has 0 aromatic carbocycles. The van der Waals surface area contributed by atoms with Crippen LogP contribution in [0.1, 0.15) is 25.5 Å². The van der Waals surface area contributed by atoms with E-state index in [1.54, 1.807) is 17.9 Å². The molecule has 0 aliphatic heterocycles. The molecule has 1 aromatic heterocycles. The van der Waals surface area contributed by atoms with Gasteiger partial charge in [0.15, 0.2) is 5.82 Å². The molecule has 1 atom stereocenters. The molecule has 1 N–H and O–H groups in total. The molecule has 1 aliphatic rings. The van der Waals surface area contributed by atoms with E-state index in [1.165, 1.54) is 24.6 Å². The maximum atomic E-state index is 12.0. The first kappa shape index (κ1) is 15.9. The van der Waals surface area contributed by atoms with Crippen molar-refractivity contribution in [3.8, 4) is 0 Å². The maximum Gasteiger partial charge on any atom is 0.235 e. The summed E-state index contributed by atoms with van der Waals surface area (Å²) in [5.41, 5.74) is 0. The predicted molar refractivity (Wildman–Crippen MR) is 82.2 cm³/mol. The largest absolute Gasteiger partial charge is 0.360 e. The monoisotopic (exact) mass is 311 g/mol. The number of carbonyl (C=O) groups is 2. The van der Waals surface area contributed by atoms with Gasteiger partial charge in [-0.2, -0.15) is 0 Å². The summed E-state index contributed by atoms with van der Waals surface area (Å²) in [6.07, 6.45) is 2.43. The van der Waals surface area contributed by atoms with E-state index in [1.807, 2.05) is 7.05 Å². The number of thioether (sulfide) groups is 1. The van der Waals surface area contributed by atoms with Crippen LogP contribution in [0.3, 0.4) is 0 Å². The molecular formula is C14H21N3O3S. The van der Waals surface area contributed by atoms with Crippen molar-refractivity contribution in [1.29, 1.82) is 0 Å². The van der Waals surface area contributed by atoms with E-state index in [0.717, 1.165) is 0 Å². The van der Waals surface area contributed by atoms with E-state index in [4.69, 9.17) is 4.52 Å². The average molecular weight is 311 g/mol. The molecule has 1 aromatic rings. The Morgan fingerprint density at radius 3 is 2.81 bits per heavy atom. The van der Waals surface area contributed by atoms with Crippen LogP contribution in [-0.4, -0.2) is 46.5 Å². The van der Waals surface area contributed by atoms with E-state index in [-0.39, 0.29) is 17.6 Å². The first-order valence-corrected chi connectivity index (χ1v) is 8.19. The SMILES string of the molecule is Cc1cc(NC(=O)CSCC(=O)N(C)C(C)C2CC2)no1. The van der Waals surface area contributed by atoms with Crippen molar-refractivity contribution in [1.82, 2.24) is 10.1 Å². The summed E-state index contributed by atoms with van der Waals surface area (Å²) in [6, 6.07) is 1.95. The number of aromatic nitrogens is 1. The fraction of sp³-hybridized carbons (Fsp3) is 0.643. The molecule has 6 nitrogen and oxygen atoms in total. The number of hydrogen-bond acceptors (Lipinski definition) is 5. The number of amides is 2. The molecule has 0 radical (unpaired) electrons. The number of carbonyl (C=O) groups excluding carboxylic acids is 2. The molecule has 2 amide bonds. The normalized spacial score (nSPS) is 15.6. The van der Waals surface area contributed by atoms with Crippen molar-refractivity contribution < 1.29 is 14.1 Å². The first-order valence-electron chi connectivity index (χ1n) is 7.04. The molecule has 21 heavy (non-hydrogen) atoms. The minimum Gasteiger partial charge on any atom is -0.360 e. The van der Waals surface area contributed by atoms with E-state index in [2.05, 4.69) is 17.4 Å². The third-order valence-corrected chi connectivity index (χ3v) is 4.58. The van der Waals surface area contributed by atoms with Gasteiger partial charge in [0.25, 0.3) is 0 Å². The van der Waals surface area contributed by atoms with Gasteiger partial charge in [0, 0.05) is 19.2 Å². The van der Waals surface area contributed by atoms with Crippen LogP contribution >= 0.6 is 11.8 Å². The molecule has 1 fully saturated rings. The molecule has 0 spiro atoms. The zero-order valence-corrected chi connectivity index (χ0v) is 13.4. The number of hydrogen-bond donors (Lipinski definition) is 1. The Bertz CT molecular complexity index is 513. The second kappa shape index (κ2) is 6.98. The molecule has 116 valence electrons. The Balaban J connectivity index is 1.66. The van der Waals surface area contributed by atoms with Gasteiger partial charge in [-0.15, -0.1) is 11.8 Å². The molecule has 1 aliphatic carbocycles. The van der Waals surface area contributed by atoms with Crippen LogP contribution in [0.5, 0.6) is 0 Å². The number of rotatable bonds is 7. The van der Waals surface area contributed by atoms with Crippen LogP contribution in [0.2, 0.25) is 0 Å². The average Bonchev–Trinajstić information content (AvgIpc) is 3.21. The van der Waals surface area contributed by atoms with E-state index in [9.17, 15) is 9.59 Å². The lowest BCUT2D eigenvalue weighted by molar-refractivity contribution is -0.129. The van der Waals surface area contributed by atoms with Crippen molar-refractivity contribution in [2.24, 2.45) is 5.92 Å². The quantitative estimate of drug-likeness (QED) is 0.832. The van der Waals surface area contributed by atoms with Gasteiger partial charge >= 0.3 is 0 Å². The van der Waals surface area contributed by atoms with Crippen LogP contribution in [0.15, 0.2) is 10.6 Å². The van der Waals surface area contributed by atoms with Crippen LogP contribution in [0, 0.1) is 12.8 Å². The van der Waals surface area contributed by atoms with Gasteiger partial charge in [0.05, 0.1) is 11.5 Å². The summed E-state index contributed by atoms with van der Waals surface area (Å²) >= 11 is 1.31. The molecule has 1 unspecified atom stereocenters. The molecule has 1 heterocycles. The van der Waals surface area contributed by atoms with Gasteiger partial charge in [-0.3, -0.25) is 9.59 Å². The number of nitrogens with one attached hydrogen (secondary N) is 1. The lowest BCUT2D eigenvalue weighted by atomic mass is 10.2. The summed E-state index contributed by atoms with van der Waals surface area (Å²) in [5, 5.41) is 6.31. The molecular weight excluding hydrogens is 290 g/mol. The molecule has 1 saturated carbocycles. The fourth-order valence-corrected chi connectivity index (χ4v) is 2.80. The van der Waals surface area contributed by atoms with Gasteiger partial charge < -0.3 is 14.7 Å². The highest BCUT2D eigenvalue weighted by atomic mass is 32.2. The van der Waals surface area contributed by atoms with Crippen molar-refractivity contribution in [3.63, 3.8) is 0 Å². The Labute approximate surface area is 128 Å². The first-order chi connectivity index (χ1) is 9.97. The second-order valence-corrected chi connectivity index (χ2v) is 6.43. The lowest BCUT2D eigenvalue weighted by Gasteiger charge is -2.24. The number of nitrogens with zero attached hydrogens (tertiary/aromatic N) is 2. The Morgan fingerprint density at radius 2 is 2.24 bits per heavy atom. The minimum absolute atomic E-state index is 0.0736. The highest BCUT2D eigenvalue weighted by molar-refractivity contribution is 8.00. The summed E-state index contributed by atoms with van der Waals surface area (Å²) in [5.74, 6) is 2.14. The Morgan fingerprint density at radius 1 is 1.52 bits per heavy atom. The third kappa shape index (κ3) is 4.77. The fourth-order valence-electron chi connectivity index (χ4n) is 2.06. The Kier molecular flexibility index (Phi) is 5.27. The molecule has 0 bridgehead atoms. The van der Waals surface area contributed by atoms with E-state index < -0.39 is 0 Å². The van der Waals surface area contributed by atoms with Crippen LogP contribution < -0.4 is 5.32 Å². The minimum atomic E-state index is -0.181. The van der Waals surface area contributed by atoms with Gasteiger partial charge in [-0.05, 0) is 32.6 Å². The number of anilines is 1. The number of aryl methyl sites for hydroxylation is 1. The molecule has 2 rings (SSSR count). The topological polar surface area (TPSA) is 75.4 Å². The predicted octanol–water partition coefficient (Wildman–Crippen LogP) is 1.91.